The highest BCUT2D eigenvalue weighted by atomic mass is 32.2. The standard InChI is InChI=1S/C11H14N6O2S/c1-7(16-6-12-5-13-16)10-14-15-11(20-4-9(18)19)17(10)8-2-3-8/h5-8H,2-4H2,1H3,(H,18,19). The summed E-state index contributed by atoms with van der Waals surface area (Å²) in [7, 11) is 0. The zero-order valence-electron chi connectivity index (χ0n) is 10.9. The lowest BCUT2D eigenvalue weighted by Gasteiger charge is -2.13. The molecular weight excluding hydrogens is 280 g/mol. The summed E-state index contributed by atoms with van der Waals surface area (Å²) in [5, 5.41) is 21.9. The molecule has 2 aromatic heterocycles. The number of carboxylic acids is 1. The molecule has 1 aliphatic rings. The molecule has 1 unspecified atom stereocenters. The van der Waals surface area contributed by atoms with Crippen LogP contribution in [0.25, 0.3) is 0 Å². The van der Waals surface area contributed by atoms with Crippen molar-refractivity contribution in [3.05, 3.63) is 18.5 Å². The van der Waals surface area contributed by atoms with E-state index < -0.39 is 5.97 Å². The second-order valence-electron chi connectivity index (χ2n) is 4.68. The minimum Gasteiger partial charge on any atom is -0.481 e. The minimum atomic E-state index is -0.855. The average molecular weight is 294 g/mol. The number of aliphatic carboxylic acids is 1. The van der Waals surface area contributed by atoms with Gasteiger partial charge in [-0.05, 0) is 19.8 Å². The van der Waals surface area contributed by atoms with E-state index in [2.05, 4.69) is 20.3 Å². The lowest BCUT2D eigenvalue weighted by atomic mass is 10.3. The van der Waals surface area contributed by atoms with E-state index in [-0.39, 0.29) is 11.8 Å². The number of thioether (sulfide) groups is 1. The maximum atomic E-state index is 10.7. The SMILES string of the molecule is CC(c1nnc(SCC(=O)O)n1C1CC1)n1cncn1. The molecule has 20 heavy (non-hydrogen) atoms. The van der Waals surface area contributed by atoms with Crippen molar-refractivity contribution < 1.29 is 9.90 Å². The predicted octanol–water partition coefficient (Wildman–Crippen LogP) is 0.990. The first kappa shape index (κ1) is 13.1. The van der Waals surface area contributed by atoms with Crippen LogP contribution in [0.3, 0.4) is 0 Å². The van der Waals surface area contributed by atoms with Crippen molar-refractivity contribution in [3.8, 4) is 0 Å². The van der Waals surface area contributed by atoms with Gasteiger partial charge in [-0.1, -0.05) is 11.8 Å². The summed E-state index contributed by atoms with van der Waals surface area (Å²) < 4.78 is 3.76. The smallest absolute Gasteiger partial charge is 0.313 e. The molecular formula is C11H14N6O2S. The van der Waals surface area contributed by atoms with Gasteiger partial charge < -0.3 is 9.67 Å². The van der Waals surface area contributed by atoms with Gasteiger partial charge >= 0.3 is 5.97 Å². The van der Waals surface area contributed by atoms with Gasteiger partial charge in [0, 0.05) is 6.04 Å². The van der Waals surface area contributed by atoms with Crippen molar-refractivity contribution in [1.29, 1.82) is 0 Å². The first-order chi connectivity index (χ1) is 9.66. The van der Waals surface area contributed by atoms with Crippen LogP contribution >= 0.6 is 11.8 Å². The summed E-state index contributed by atoms with van der Waals surface area (Å²) >= 11 is 1.20. The maximum absolute atomic E-state index is 10.7. The molecule has 3 rings (SSSR count). The minimum absolute atomic E-state index is 0.0113. The molecule has 0 saturated heterocycles. The van der Waals surface area contributed by atoms with Crippen LogP contribution in [0, 0.1) is 0 Å². The summed E-state index contributed by atoms with van der Waals surface area (Å²) in [4.78, 5) is 14.6. The van der Waals surface area contributed by atoms with Crippen molar-refractivity contribution in [2.75, 3.05) is 5.75 Å². The molecule has 1 N–H and O–H groups in total. The van der Waals surface area contributed by atoms with E-state index in [0.29, 0.717) is 11.2 Å². The molecule has 0 radical (unpaired) electrons. The number of nitrogens with zero attached hydrogens (tertiary/aromatic N) is 6. The molecule has 1 atom stereocenters. The van der Waals surface area contributed by atoms with Crippen LogP contribution in [0.4, 0.5) is 0 Å². The van der Waals surface area contributed by atoms with E-state index in [1.165, 1.54) is 18.1 Å². The molecule has 1 aliphatic carbocycles. The topological polar surface area (TPSA) is 98.7 Å². The molecule has 0 spiro atoms. The third-order valence-electron chi connectivity index (χ3n) is 3.13. The number of rotatable bonds is 6. The predicted molar refractivity (Wildman–Crippen MR) is 70.5 cm³/mol. The third kappa shape index (κ3) is 2.53. The van der Waals surface area contributed by atoms with E-state index in [4.69, 9.17) is 5.11 Å². The fourth-order valence-electron chi connectivity index (χ4n) is 2.01. The number of hydrogen-bond donors (Lipinski definition) is 1. The van der Waals surface area contributed by atoms with Gasteiger partial charge in [0.1, 0.15) is 18.7 Å². The summed E-state index contributed by atoms with van der Waals surface area (Å²) in [6.45, 7) is 1.98. The number of carboxylic acid groups (broad SMARTS) is 1. The lowest BCUT2D eigenvalue weighted by molar-refractivity contribution is -0.133. The highest BCUT2D eigenvalue weighted by molar-refractivity contribution is 7.99. The highest BCUT2D eigenvalue weighted by Gasteiger charge is 2.32. The Bertz CT molecular complexity index is 606. The van der Waals surface area contributed by atoms with E-state index in [1.54, 1.807) is 11.0 Å². The van der Waals surface area contributed by atoms with Gasteiger partial charge in [0.15, 0.2) is 11.0 Å². The molecule has 0 aliphatic heterocycles. The second kappa shape index (κ2) is 5.23. The van der Waals surface area contributed by atoms with Crippen molar-refractivity contribution in [1.82, 2.24) is 29.5 Å². The van der Waals surface area contributed by atoms with E-state index >= 15 is 0 Å². The van der Waals surface area contributed by atoms with Gasteiger partial charge in [-0.2, -0.15) is 5.10 Å². The zero-order chi connectivity index (χ0) is 14.1. The zero-order valence-corrected chi connectivity index (χ0v) is 11.7. The Morgan fingerprint density at radius 1 is 1.55 bits per heavy atom. The van der Waals surface area contributed by atoms with Crippen molar-refractivity contribution in [2.24, 2.45) is 0 Å². The van der Waals surface area contributed by atoms with Crippen LogP contribution in [0.2, 0.25) is 0 Å². The van der Waals surface area contributed by atoms with Crippen LogP contribution in [-0.4, -0.2) is 46.4 Å². The molecule has 106 valence electrons. The third-order valence-corrected chi connectivity index (χ3v) is 4.06. The number of hydrogen-bond acceptors (Lipinski definition) is 6. The summed E-state index contributed by atoms with van der Waals surface area (Å²) in [5.41, 5.74) is 0. The molecule has 1 fully saturated rings. The van der Waals surface area contributed by atoms with Crippen LogP contribution < -0.4 is 0 Å². The fourth-order valence-corrected chi connectivity index (χ4v) is 2.74. The van der Waals surface area contributed by atoms with E-state index in [0.717, 1.165) is 18.7 Å². The Morgan fingerprint density at radius 3 is 2.95 bits per heavy atom. The lowest BCUT2D eigenvalue weighted by Crippen LogP contribution is -2.14. The summed E-state index contributed by atoms with van der Waals surface area (Å²) in [5.74, 6) is -0.0696. The Morgan fingerprint density at radius 2 is 2.35 bits per heavy atom. The molecule has 0 bridgehead atoms. The maximum Gasteiger partial charge on any atom is 0.313 e. The molecule has 8 nitrogen and oxygen atoms in total. The normalized spacial score (nSPS) is 16.2. The largest absolute Gasteiger partial charge is 0.481 e. The van der Waals surface area contributed by atoms with Crippen LogP contribution in [-0.2, 0) is 4.79 Å². The Hall–Kier alpha value is -1.90. The van der Waals surface area contributed by atoms with Crippen molar-refractivity contribution in [2.45, 2.75) is 37.0 Å². The highest BCUT2D eigenvalue weighted by Crippen LogP contribution is 2.40. The Balaban J connectivity index is 1.89. The van der Waals surface area contributed by atoms with Crippen molar-refractivity contribution >= 4 is 17.7 Å². The molecule has 0 amide bonds. The molecule has 0 aromatic carbocycles. The second-order valence-corrected chi connectivity index (χ2v) is 5.62. The number of aromatic nitrogens is 6. The summed E-state index contributed by atoms with van der Waals surface area (Å²) in [6.07, 6.45) is 5.28. The van der Waals surface area contributed by atoms with Crippen LogP contribution in [0.5, 0.6) is 0 Å². The van der Waals surface area contributed by atoms with E-state index in [9.17, 15) is 4.79 Å². The monoisotopic (exact) mass is 294 g/mol. The van der Waals surface area contributed by atoms with Gasteiger partial charge in [-0.3, -0.25) is 4.79 Å². The molecule has 1 saturated carbocycles. The van der Waals surface area contributed by atoms with Gasteiger partial charge in [-0.15, -0.1) is 10.2 Å². The average Bonchev–Trinajstić information content (AvgIpc) is 2.96. The molecule has 2 aromatic rings. The molecule has 9 heteroatoms. The Labute approximate surface area is 119 Å². The number of carbonyl (C=O) groups is 1. The van der Waals surface area contributed by atoms with Gasteiger partial charge in [0.2, 0.25) is 0 Å². The summed E-state index contributed by atoms with van der Waals surface area (Å²) in [6, 6.07) is 0.298. The fraction of sp³-hybridized carbons (Fsp3) is 0.545. The van der Waals surface area contributed by atoms with Crippen molar-refractivity contribution in [3.63, 3.8) is 0 Å². The van der Waals surface area contributed by atoms with Gasteiger partial charge in [-0.25, -0.2) is 9.67 Å². The molecule has 2 heterocycles. The van der Waals surface area contributed by atoms with Crippen LogP contribution in [0.15, 0.2) is 17.8 Å². The van der Waals surface area contributed by atoms with Gasteiger partial charge in [0.05, 0.1) is 5.75 Å². The first-order valence-electron chi connectivity index (χ1n) is 6.30. The van der Waals surface area contributed by atoms with Gasteiger partial charge in [0.25, 0.3) is 0 Å². The first-order valence-corrected chi connectivity index (χ1v) is 7.29. The van der Waals surface area contributed by atoms with E-state index in [1.807, 2.05) is 11.5 Å². The Kier molecular flexibility index (Phi) is 3.43. The van der Waals surface area contributed by atoms with Crippen LogP contribution in [0.1, 0.15) is 37.7 Å². The quantitative estimate of drug-likeness (QED) is 0.793.